The van der Waals surface area contributed by atoms with Gasteiger partial charge in [0.2, 0.25) is 0 Å². The summed E-state index contributed by atoms with van der Waals surface area (Å²) in [6, 6.07) is 3.87. The molecular formula is C13H17N3OS. The lowest BCUT2D eigenvalue weighted by atomic mass is 10.3. The second kappa shape index (κ2) is 5.93. The molecule has 0 saturated carbocycles. The van der Waals surface area contributed by atoms with Crippen molar-refractivity contribution < 1.29 is 4.74 Å². The van der Waals surface area contributed by atoms with Crippen LogP contribution in [0.5, 0.6) is 5.75 Å². The van der Waals surface area contributed by atoms with Gasteiger partial charge in [0.15, 0.2) is 0 Å². The number of nitrogens with zero attached hydrogens (tertiary/aromatic N) is 2. The molecule has 2 heterocycles. The van der Waals surface area contributed by atoms with Crippen LogP contribution >= 0.6 is 11.3 Å². The standard InChI is InChI=1S/C13H17N3OS/c1-9-3-4-12(11(7-14)16-9)17-6-5-13-10(2)15-8-18-13/h3-4,8H,5-7,14H2,1-2H3. The van der Waals surface area contributed by atoms with Gasteiger partial charge in [0, 0.05) is 23.5 Å². The number of ether oxygens (including phenoxy) is 1. The van der Waals surface area contributed by atoms with Crippen LogP contribution in [0.25, 0.3) is 0 Å². The van der Waals surface area contributed by atoms with Gasteiger partial charge in [-0.25, -0.2) is 4.98 Å². The van der Waals surface area contributed by atoms with Gasteiger partial charge in [-0.2, -0.15) is 0 Å². The molecule has 0 saturated heterocycles. The minimum absolute atomic E-state index is 0.399. The highest BCUT2D eigenvalue weighted by atomic mass is 32.1. The second-order valence-electron chi connectivity index (χ2n) is 4.06. The Morgan fingerprint density at radius 3 is 2.83 bits per heavy atom. The minimum atomic E-state index is 0.399. The summed E-state index contributed by atoms with van der Waals surface area (Å²) in [7, 11) is 0. The predicted octanol–water partition coefficient (Wildman–Crippen LogP) is 2.24. The highest BCUT2D eigenvalue weighted by Gasteiger charge is 2.06. The van der Waals surface area contributed by atoms with Crippen molar-refractivity contribution in [1.82, 2.24) is 9.97 Å². The molecule has 2 rings (SSSR count). The number of nitrogens with two attached hydrogens (primary N) is 1. The first-order valence-electron chi connectivity index (χ1n) is 5.89. The Labute approximate surface area is 111 Å². The van der Waals surface area contributed by atoms with Crippen molar-refractivity contribution in [1.29, 1.82) is 0 Å². The Morgan fingerprint density at radius 2 is 2.17 bits per heavy atom. The third-order valence-corrected chi connectivity index (χ3v) is 3.69. The second-order valence-corrected chi connectivity index (χ2v) is 5.00. The Kier molecular flexibility index (Phi) is 4.28. The van der Waals surface area contributed by atoms with Gasteiger partial charge in [-0.05, 0) is 26.0 Å². The van der Waals surface area contributed by atoms with E-state index >= 15 is 0 Å². The molecule has 0 aliphatic heterocycles. The van der Waals surface area contributed by atoms with Crippen LogP contribution in [0, 0.1) is 13.8 Å². The maximum Gasteiger partial charge on any atom is 0.142 e. The summed E-state index contributed by atoms with van der Waals surface area (Å²) in [6.07, 6.45) is 0.869. The van der Waals surface area contributed by atoms with Crippen LogP contribution in [0.2, 0.25) is 0 Å². The van der Waals surface area contributed by atoms with E-state index in [0.717, 1.165) is 29.3 Å². The fraction of sp³-hybridized carbons (Fsp3) is 0.385. The van der Waals surface area contributed by atoms with Crippen molar-refractivity contribution in [2.24, 2.45) is 5.73 Å². The lowest BCUT2D eigenvalue weighted by Gasteiger charge is -2.09. The molecule has 2 aromatic rings. The van der Waals surface area contributed by atoms with E-state index in [9.17, 15) is 0 Å². The van der Waals surface area contributed by atoms with Gasteiger partial charge in [-0.3, -0.25) is 4.98 Å². The van der Waals surface area contributed by atoms with Gasteiger partial charge in [-0.15, -0.1) is 11.3 Å². The molecular weight excluding hydrogens is 246 g/mol. The molecule has 4 nitrogen and oxygen atoms in total. The number of aryl methyl sites for hydroxylation is 2. The van der Waals surface area contributed by atoms with E-state index < -0.39 is 0 Å². The number of hydrogen-bond acceptors (Lipinski definition) is 5. The van der Waals surface area contributed by atoms with E-state index in [2.05, 4.69) is 9.97 Å². The van der Waals surface area contributed by atoms with Crippen LogP contribution in [-0.2, 0) is 13.0 Å². The number of thiazole rings is 1. The maximum absolute atomic E-state index is 5.75. The molecule has 0 unspecified atom stereocenters. The lowest BCUT2D eigenvalue weighted by Crippen LogP contribution is -2.08. The summed E-state index contributed by atoms with van der Waals surface area (Å²) in [5.41, 5.74) is 10.4. The average molecular weight is 263 g/mol. The molecule has 0 aromatic carbocycles. The zero-order chi connectivity index (χ0) is 13.0. The Morgan fingerprint density at radius 1 is 1.33 bits per heavy atom. The first kappa shape index (κ1) is 13.0. The first-order chi connectivity index (χ1) is 8.70. The van der Waals surface area contributed by atoms with Crippen LogP contribution in [0.15, 0.2) is 17.6 Å². The van der Waals surface area contributed by atoms with Gasteiger partial charge in [-0.1, -0.05) is 0 Å². The molecule has 96 valence electrons. The summed E-state index contributed by atoms with van der Waals surface area (Å²) in [4.78, 5) is 9.85. The Bertz CT molecular complexity index is 525. The zero-order valence-corrected chi connectivity index (χ0v) is 11.5. The van der Waals surface area contributed by atoms with Crippen LogP contribution in [0.4, 0.5) is 0 Å². The summed E-state index contributed by atoms with van der Waals surface area (Å²) in [5, 5.41) is 0. The molecule has 0 aliphatic rings. The molecule has 18 heavy (non-hydrogen) atoms. The molecule has 0 amide bonds. The number of hydrogen-bond donors (Lipinski definition) is 1. The van der Waals surface area contributed by atoms with Crippen molar-refractivity contribution in [2.45, 2.75) is 26.8 Å². The summed E-state index contributed by atoms with van der Waals surface area (Å²) < 4.78 is 5.75. The van der Waals surface area contributed by atoms with Gasteiger partial charge in [0.1, 0.15) is 5.75 Å². The third kappa shape index (κ3) is 3.05. The van der Waals surface area contributed by atoms with E-state index in [-0.39, 0.29) is 0 Å². The molecule has 0 fully saturated rings. The topological polar surface area (TPSA) is 61.0 Å². The molecule has 0 bridgehead atoms. The van der Waals surface area contributed by atoms with Gasteiger partial charge < -0.3 is 10.5 Å². The molecule has 2 aromatic heterocycles. The van der Waals surface area contributed by atoms with Gasteiger partial charge in [0.05, 0.1) is 23.5 Å². The smallest absolute Gasteiger partial charge is 0.142 e. The molecule has 0 spiro atoms. The Balaban J connectivity index is 1.96. The summed E-state index contributed by atoms with van der Waals surface area (Å²) in [6.45, 7) is 4.99. The highest BCUT2D eigenvalue weighted by Crippen LogP contribution is 2.18. The molecule has 0 radical (unpaired) electrons. The minimum Gasteiger partial charge on any atom is -0.491 e. The van der Waals surface area contributed by atoms with Crippen LogP contribution in [0.1, 0.15) is 22.0 Å². The van der Waals surface area contributed by atoms with Gasteiger partial charge >= 0.3 is 0 Å². The first-order valence-corrected chi connectivity index (χ1v) is 6.77. The predicted molar refractivity (Wildman–Crippen MR) is 72.9 cm³/mol. The zero-order valence-electron chi connectivity index (χ0n) is 10.6. The molecule has 5 heteroatoms. The fourth-order valence-electron chi connectivity index (χ4n) is 1.70. The quantitative estimate of drug-likeness (QED) is 0.898. The lowest BCUT2D eigenvalue weighted by molar-refractivity contribution is 0.317. The normalized spacial score (nSPS) is 10.6. The van der Waals surface area contributed by atoms with Crippen molar-refractivity contribution in [3.63, 3.8) is 0 Å². The SMILES string of the molecule is Cc1ccc(OCCc2scnc2C)c(CN)n1. The number of aromatic nitrogens is 2. The van der Waals surface area contributed by atoms with Crippen molar-refractivity contribution >= 4 is 11.3 Å². The monoisotopic (exact) mass is 263 g/mol. The van der Waals surface area contributed by atoms with Crippen LogP contribution in [-0.4, -0.2) is 16.6 Å². The summed E-state index contributed by atoms with van der Waals surface area (Å²) >= 11 is 1.67. The van der Waals surface area contributed by atoms with Crippen molar-refractivity contribution in [2.75, 3.05) is 6.61 Å². The fourth-order valence-corrected chi connectivity index (χ4v) is 2.46. The molecule has 0 atom stereocenters. The van der Waals surface area contributed by atoms with E-state index in [0.29, 0.717) is 13.2 Å². The van der Waals surface area contributed by atoms with Crippen LogP contribution < -0.4 is 10.5 Å². The number of pyridine rings is 1. The van der Waals surface area contributed by atoms with Crippen molar-refractivity contribution in [3.05, 3.63) is 39.6 Å². The van der Waals surface area contributed by atoms with Gasteiger partial charge in [0.25, 0.3) is 0 Å². The average Bonchev–Trinajstić information content (AvgIpc) is 2.77. The van der Waals surface area contributed by atoms with E-state index in [1.807, 2.05) is 31.5 Å². The maximum atomic E-state index is 5.75. The Hall–Kier alpha value is -1.46. The largest absolute Gasteiger partial charge is 0.491 e. The van der Waals surface area contributed by atoms with Crippen molar-refractivity contribution in [3.8, 4) is 5.75 Å². The van der Waals surface area contributed by atoms with E-state index in [4.69, 9.17) is 10.5 Å². The van der Waals surface area contributed by atoms with E-state index in [1.54, 1.807) is 11.3 Å². The van der Waals surface area contributed by atoms with E-state index in [1.165, 1.54) is 4.88 Å². The highest BCUT2D eigenvalue weighted by molar-refractivity contribution is 7.09. The summed E-state index contributed by atoms with van der Waals surface area (Å²) in [5.74, 6) is 0.783. The van der Waals surface area contributed by atoms with Crippen LogP contribution in [0.3, 0.4) is 0 Å². The third-order valence-electron chi connectivity index (χ3n) is 2.70. The molecule has 0 aliphatic carbocycles. The number of rotatable bonds is 5. The molecule has 2 N–H and O–H groups in total.